The van der Waals surface area contributed by atoms with Crippen molar-refractivity contribution in [3.05, 3.63) is 65.5 Å². The van der Waals surface area contributed by atoms with E-state index in [0.717, 1.165) is 11.1 Å². The van der Waals surface area contributed by atoms with Crippen LogP contribution in [0.2, 0.25) is 0 Å². The number of hydrogen-bond donors (Lipinski definition) is 2. The fourth-order valence-electron chi connectivity index (χ4n) is 3.75. The highest BCUT2D eigenvalue weighted by Crippen LogP contribution is 2.32. The van der Waals surface area contributed by atoms with Crippen molar-refractivity contribution in [2.75, 3.05) is 32.8 Å². The Balaban J connectivity index is 1.54. The number of nitrogens with one attached hydrogen (secondary N) is 2. The van der Waals surface area contributed by atoms with Crippen LogP contribution in [0.25, 0.3) is 0 Å². The highest BCUT2D eigenvalue weighted by atomic mass is 32.2. The van der Waals surface area contributed by atoms with Crippen LogP contribution in [0.5, 0.6) is 0 Å². The molecule has 9 heteroatoms. The Morgan fingerprint density at radius 3 is 2.24 bits per heavy atom. The molecule has 2 aromatic carbocycles. The zero-order valence-corrected chi connectivity index (χ0v) is 20.1. The lowest BCUT2D eigenvalue weighted by molar-refractivity contribution is -0.120. The molecule has 1 atom stereocenters. The first-order valence-corrected chi connectivity index (χ1v) is 12.4. The molecule has 1 heterocycles. The van der Waals surface area contributed by atoms with Gasteiger partial charge >= 0.3 is 0 Å². The van der Waals surface area contributed by atoms with E-state index in [-0.39, 0.29) is 41.2 Å². The summed E-state index contributed by atoms with van der Waals surface area (Å²) < 4.78 is 45.3. The van der Waals surface area contributed by atoms with Gasteiger partial charge in [0.2, 0.25) is 15.9 Å². The van der Waals surface area contributed by atoms with E-state index in [9.17, 15) is 17.6 Å². The maximum atomic E-state index is 13.3. The summed E-state index contributed by atoms with van der Waals surface area (Å²) in [6, 6.07) is 12.7. The number of nitrogens with zero attached hydrogens (tertiary/aromatic N) is 1. The van der Waals surface area contributed by atoms with E-state index in [1.807, 2.05) is 0 Å². The van der Waals surface area contributed by atoms with Gasteiger partial charge in [0.1, 0.15) is 5.82 Å². The number of carbonyl (C=O) groups is 1. The molecule has 3 rings (SSSR count). The average molecular weight is 478 g/mol. The predicted molar refractivity (Wildman–Crippen MR) is 124 cm³/mol. The molecule has 1 fully saturated rings. The third kappa shape index (κ3) is 6.83. The SMILES string of the molecule is CC(C)(C)C(NCC(=O)NCc1ccc(S(=O)(=O)N2CCOCC2)cc1)c1ccc(F)cc1. The van der Waals surface area contributed by atoms with E-state index in [1.165, 1.54) is 16.4 Å². The average Bonchev–Trinajstić information content (AvgIpc) is 2.79. The molecule has 0 radical (unpaired) electrons. The van der Waals surface area contributed by atoms with Crippen LogP contribution in [0.1, 0.15) is 37.9 Å². The number of halogens is 1. The van der Waals surface area contributed by atoms with E-state index in [4.69, 9.17) is 4.74 Å². The Morgan fingerprint density at radius 2 is 1.67 bits per heavy atom. The van der Waals surface area contributed by atoms with Gasteiger partial charge in [-0.05, 0) is 40.8 Å². The van der Waals surface area contributed by atoms with Crippen molar-refractivity contribution >= 4 is 15.9 Å². The van der Waals surface area contributed by atoms with Crippen LogP contribution < -0.4 is 10.6 Å². The van der Waals surface area contributed by atoms with Crippen LogP contribution in [0.4, 0.5) is 4.39 Å². The van der Waals surface area contributed by atoms with Gasteiger partial charge in [-0.15, -0.1) is 0 Å². The minimum absolute atomic E-state index is 0.100. The third-order valence-electron chi connectivity index (χ3n) is 5.56. The molecule has 1 aliphatic rings. The van der Waals surface area contributed by atoms with Gasteiger partial charge in [0.15, 0.2) is 0 Å². The Labute approximate surface area is 195 Å². The maximum absolute atomic E-state index is 13.3. The highest BCUT2D eigenvalue weighted by Gasteiger charge is 2.27. The topological polar surface area (TPSA) is 87.7 Å². The highest BCUT2D eigenvalue weighted by molar-refractivity contribution is 7.89. The van der Waals surface area contributed by atoms with Crippen LogP contribution in [-0.4, -0.2) is 51.5 Å². The van der Waals surface area contributed by atoms with Gasteiger partial charge in [0.05, 0.1) is 24.7 Å². The van der Waals surface area contributed by atoms with E-state index in [1.54, 1.807) is 36.4 Å². The summed E-state index contributed by atoms with van der Waals surface area (Å²) in [5.41, 5.74) is 1.53. The predicted octanol–water partition coefficient (Wildman–Crippen LogP) is 2.84. The molecule has 0 aromatic heterocycles. The van der Waals surface area contributed by atoms with Crippen LogP contribution in [-0.2, 0) is 26.1 Å². The number of morpholine rings is 1. The number of sulfonamides is 1. The molecule has 1 aliphatic heterocycles. The summed E-state index contributed by atoms with van der Waals surface area (Å²) in [4.78, 5) is 12.6. The molecule has 0 bridgehead atoms. The van der Waals surface area contributed by atoms with Crippen LogP contribution in [0.3, 0.4) is 0 Å². The fourth-order valence-corrected chi connectivity index (χ4v) is 5.16. The molecule has 0 aliphatic carbocycles. The normalized spacial score (nSPS) is 16.4. The Kier molecular flexibility index (Phi) is 8.23. The summed E-state index contributed by atoms with van der Waals surface area (Å²) in [6.45, 7) is 8.04. The number of carbonyl (C=O) groups excluding carboxylic acids is 1. The molecule has 7 nitrogen and oxygen atoms in total. The lowest BCUT2D eigenvalue weighted by Gasteiger charge is -2.32. The summed E-state index contributed by atoms with van der Waals surface area (Å²) >= 11 is 0. The number of hydrogen-bond acceptors (Lipinski definition) is 5. The molecule has 2 N–H and O–H groups in total. The molecule has 0 spiro atoms. The smallest absolute Gasteiger partial charge is 0.243 e. The van der Waals surface area contributed by atoms with Crippen LogP contribution in [0, 0.1) is 11.2 Å². The van der Waals surface area contributed by atoms with Gasteiger partial charge in [-0.2, -0.15) is 4.31 Å². The Hall–Kier alpha value is -2.33. The van der Waals surface area contributed by atoms with E-state index in [2.05, 4.69) is 31.4 Å². The Bertz CT molecular complexity index is 1030. The minimum atomic E-state index is -3.54. The maximum Gasteiger partial charge on any atom is 0.243 e. The van der Waals surface area contributed by atoms with Crippen molar-refractivity contribution in [1.29, 1.82) is 0 Å². The van der Waals surface area contributed by atoms with Crippen LogP contribution >= 0.6 is 0 Å². The second-order valence-electron chi connectivity index (χ2n) is 9.17. The Morgan fingerprint density at radius 1 is 1.06 bits per heavy atom. The van der Waals surface area contributed by atoms with Gasteiger partial charge in [0, 0.05) is 25.7 Å². The van der Waals surface area contributed by atoms with E-state index in [0.29, 0.717) is 26.3 Å². The lowest BCUT2D eigenvalue weighted by atomic mass is 9.82. The second-order valence-corrected chi connectivity index (χ2v) is 11.1. The molecule has 180 valence electrons. The van der Waals surface area contributed by atoms with Crippen molar-refractivity contribution in [1.82, 2.24) is 14.9 Å². The molecule has 33 heavy (non-hydrogen) atoms. The van der Waals surface area contributed by atoms with Gasteiger partial charge in [-0.25, -0.2) is 12.8 Å². The molecule has 0 saturated carbocycles. The summed E-state index contributed by atoms with van der Waals surface area (Å²) in [5, 5.41) is 6.12. The third-order valence-corrected chi connectivity index (χ3v) is 7.47. The largest absolute Gasteiger partial charge is 0.379 e. The van der Waals surface area contributed by atoms with Crippen molar-refractivity contribution in [3.8, 4) is 0 Å². The molecule has 2 aromatic rings. The molecule has 1 saturated heterocycles. The molecule has 1 amide bonds. The second kappa shape index (κ2) is 10.7. The first-order valence-electron chi connectivity index (χ1n) is 11.0. The van der Waals surface area contributed by atoms with Gasteiger partial charge < -0.3 is 15.4 Å². The van der Waals surface area contributed by atoms with Crippen molar-refractivity contribution in [3.63, 3.8) is 0 Å². The summed E-state index contributed by atoms with van der Waals surface area (Å²) in [6.07, 6.45) is 0. The van der Waals surface area contributed by atoms with Crippen molar-refractivity contribution < 1.29 is 22.3 Å². The molecular formula is C24H32FN3O4S. The van der Waals surface area contributed by atoms with Gasteiger partial charge in [-0.1, -0.05) is 45.0 Å². The number of benzene rings is 2. The van der Waals surface area contributed by atoms with Gasteiger partial charge in [-0.3, -0.25) is 4.79 Å². The summed E-state index contributed by atoms with van der Waals surface area (Å²) in [7, 11) is -3.54. The lowest BCUT2D eigenvalue weighted by Crippen LogP contribution is -2.40. The number of amides is 1. The van der Waals surface area contributed by atoms with Gasteiger partial charge in [0.25, 0.3) is 0 Å². The number of rotatable bonds is 8. The fraction of sp³-hybridized carbons (Fsp3) is 0.458. The first kappa shape index (κ1) is 25.3. The minimum Gasteiger partial charge on any atom is -0.379 e. The first-order chi connectivity index (χ1) is 15.6. The zero-order chi connectivity index (χ0) is 24.1. The summed E-state index contributed by atoms with van der Waals surface area (Å²) in [5.74, 6) is -0.482. The van der Waals surface area contributed by atoms with Crippen LogP contribution in [0.15, 0.2) is 53.4 Å². The monoisotopic (exact) mass is 477 g/mol. The standard InChI is InChI=1S/C24H32FN3O4S/c1-24(2,3)23(19-6-8-20(25)9-7-19)27-17-22(29)26-16-18-4-10-21(11-5-18)33(30,31)28-12-14-32-15-13-28/h4-11,23,27H,12-17H2,1-3H3,(H,26,29). The van der Waals surface area contributed by atoms with Crippen molar-refractivity contribution in [2.24, 2.45) is 5.41 Å². The quantitative estimate of drug-likeness (QED) is 0.611. The van der Waals surface area contributed by atoms with E-state index >= 15 is 0 Å². The van der Waals surface area contributed by atoms with Crippen molar-refractivity contribution in [2.45, 2.75) is 38.3 Å². The number of ether oxygens (including phenoxy) is 1. The van der Waals surface area contributed by atoms with E-state index < -0.39 is 10.0 Å². The molecular weight excluding hydrogens is 445 g/mol. The zero-order valence-electron chi connectivity index (χ0n) is 19.3. The molecule has 1 unspecified atom stereocenters.